The summed E-state index contributed by atoms with van der Waals surface area (Å²) in [7, 11) is 0. The summed E-state index contributed by atoms with van der Waals surface area (Å²) in [5, 5.41) is 15.8. The first-order valence-electron chi connectivity index (χ1n) is 7.81. The van der Waals surface area contributed by atoms with Crippen LogP contribution in [0.3, 0.4) is 0 Å². The molecule has 1 heterocycles. The number of hydrogen-bond acceptors (Lipinski definition) is 6. The lowest BCUT2D eigenvalue weighted by atomic mass is 10.1. The maximum absolute atomic E-state index is 12.3. The SMILES string of the molecule is CCSc1ccc(C(=O)Nc2nc(-c3ccc([N+](=O)[O-])cc3)cs2)cc1. The summed E-state index contributed by atoms with van der Waals surface area (Å²) < 4.78 is 0. The molecule has 1 amide bonds. The van der Waals surface area contributed by atoms with Gasteiger partial charge >= 0.3 is 0 Å². The highest BCUT2D eigenvalue weighted by atomic mass is 32.2. The fourth-order valence-electron chi connectivity index (χ4n) is 2.26. The fourth-order valence-corrected chi connectivity index (χ4v) is 3.63. The molecule has 3 aromatic rings. The van der Waals surface area contributed by atoms with Gasteiger partial charge in [0.2, 0.25) is 0 Å². The normalized spacial score (nSPS) is 10.5. The minimum absolute atomic E-state index is 0.0298. The van der Waals surface area contributed by atoms with Crippen molar-refractivity contribution in [3.63, 3.8) is 0 Å². The third kappa shape index (κ3) is 4.27. The number of carbonyl (C=O) groups excluding carboxylic acids is 1. The maximum Gasteiger partial charge on any atom is 0.269 e. The van der Waals surface area contributed by atoms with E-state index in [9.17, 15) is 14.9 Å². The molecule has 6 nitrogen and oxygen atoms in total. The summed E-state index contributed by atoms with van der Waals surface area (Å²) in [6.45, 7) is 2.08. The molecule has 132 valence electrons. The van der Waals surface area contributed by atoms with Crippen LogP contribution in [-0.4, -0.2) is 21.6 Å². The van der Waals surface area contributed by atoms with Gasteiger partial charge in [0, 0.05) is 33.5 Å². The summed E-state index contributed by atoms with van der Waals surface area (Å²) >= 11 is 3.03. The lowest BCUT2D eigenvalue weighted by Crippen LogP contribution is -2.11. The number of aromatic nitrogens is 1. The third-order valence-corrected chi connectivity index (χ3v) is 5.18. The zero-order valence-electron chi connectivity index (χ0n) is 13.8. The van der Waals surface area contributed by atoms with Crippen molar-refractivity contribution in [3.05, 3.63) is 69.6 Å². The van der Waals surface area contributed by atoms with Crippen molar-refractivity contribution < 1.29 is 9.72 Å². The van der Waals surface area contributed by atoms with Gasteiger partial charge in [-0.25, -0.2) is 4.98 Å². The molecule has 2 aromatic carbocycles. The largest absolute Gasteiger partial charge is 0.298 e. The van der Waals surface area contributed by atoms with Crippen LogP contribution in [0.4, 0.5) is 10.8 Å². The van der Waals surface area contributed by atoms with Gasteiger partial charge in [0.1, 0.15) is 0 Å². The van der Waals surface area contributed by atoms with Crippen LogP contribution < -0.4 is 5.32 Å². The molecule has 1 N–H and O–H groups in total. The molecular weight excluding hydrogens is 370 g/mol. The average molecular weight is 385 g/mol. The van der Waals surface area contributed by atoms with Gasteiger partial charge in [-0.1, -0.05) is 6.92 Å². The Labute approximate surface area is 158 Å². The quantitative estimate of drug-likeness (QED) is 0.363. The predicted octanol–water partition coefficient (Wildman–Crippen LogP) is 5.08. The number of thiazole rings is 1. The molecule has 0 bridgehead atoms. The Morgan fingerprint density at radius 2 is 1.88 bits per heavy atom. The molecule has 1 aromatic heterocycles. The molecule has 3 rings (SSSR count). The molecule has 0 fully saturated rings. The number of anilines is 1. The van der Waals surface area contributed by atoms with E-state index in [2.05, 4.69) is 17.2 Å². The number of non-ortho nitro benzene ring substituents is 1. The van der Waals surface area contributed by atoms with Crippen LogP contribution in [0.2, 0.25) is 0 Å². The first kappa shape index (κ1) is 18.1. The Balaban J connectivity index is 1.69. The number of hydrogen-bond donors (Lipinski definition) is 1. The van der Waals surface area contributed by atoms with Crippen molar-refractivity contribution in [1.29, 1.82) is 0 Å². The molecule has 0 unspecified atom stereocenters. The molecule has 0 saturated heterocycles. The highest BCUT2D eigenvalue weighted by Crippen LogP contribution is 2.27. The Morgan fingerprint density at radius 1 is 1.19 bits per heavy atom. The topological polar surface area (TPSA) is 85.1 Å². The number of nitrogens with zero attached hydrogens (tertiary/aromatic N) is 2. The zero-order valence-corrected chi connectivity index (χ0v) is 15.5. The van der Waals surface area contributed by atoms with Crippen LogP contribution in [0.5, 0.6) is 0 Å². The van der Waals surface area contributed by atoms with Crippen molar-refractivity contribution in [2.24, 2.45) is 0 Å². The van der Waals surface area contributed by atoms with E-state index < -0.39 is 4.92 Å². The summed E-state index contributed by atoms with van der Waals surface area (Å²) in [5.74, 6) is 0.762. The first-order valence-corrected chi connectivity index (χ1v) is 9.68. The first-order chi connectivity index (χ1) is 12.6. The van der Waals surface area contributed by atoms with E-state index in [1.165, 1.54) is 23.5 Å². The number of carbonyl (C=O) groups is 1. The highest BCUT2D eigenvalue weighted by molar-refractivity contribution is 7.99. The van der Waals surface area contributed by atoms with Crippen molar-refractivity contribution in [2.75, 3.05) is 11.1 Å². The monoisotopic (exact) mass is 385 g/mol. The summed E-state index contributed by atoms with van der Waals surface area (Å²) in [6, 6.07) is 13.6. The standard InChI is InChI=1S/C18H15N3O3S2/c1-2-25-15-9-5-13(6-10-15)17(22)20-18-19-16(11-26-18)12-3-7-14(8-4-12)21(23)24/h3-11H,2H2,1H3,(H,19,20,22). The van der Waals surface area contributed by atoms with Crippen LogP contribution in [0, 0.1) is 10.1 Å². The number of benzene rings is 2. The summed E-state index contributed by atoms with van der Waals surface area (Å²) in [5.41, 5.74) is 2.02. The van der Waals surface area contributed by atoms with E-state index in [0.29, 0.717) is 16.4 Å². The molecule has 0 atom stereocenters. The van der Waals surface area contributed by atoms with Gasteiger partial charge in [-0.3, -0.25) is 20.2 Å². The van der Waals surface area contributed by atoms with Gasteiger partial charge in [-0.05, 0) is 42.2 Å². The maximum atomic E-state index is 12.3. The smallest absolute Gasteiger partial charge is 0.269 e. The van der Waals surface area contributed by atoms with Crippen LogP contribution in [0.1, 0.15) is 17.3 Å². The second-order valence-corrected chi connectivity index (χ2v) is 7.45. The van der Waals surface area contributed by atoms with Gasteiger partial charge < -0.3 is 0 Å². The minimum atomic E-state index is -0.444. The van der Waals surface area contributed by atoms with Gasteiger partial charge in [0.05, 0.1) is 10.6 Å². The van der Waals surface area contributed by atoms with Crippen LogP contribution >= 0.6 is 23.1 Å². The van der Waals surface area contributed by atoms with E-state index in [-0.39, 0.29) is 11.6 Å². The highest BCUT2D eigenvalue weighted by Gasteiger charge is 2.11. The van der Waals surface area contributed by atoms with E-state index in [4.69, 9.17) is 0 Å². The molecular formula is C18H15N3O3S2. The fraction of sp³-hybridized carbons (Fsp3) is 0.111. The van der Waals surface area contributed by atoms with Gasteiger partial charge in [-0.15, -0.1) is 23.1 Å². The van der Waals surface area contributed by atoms with Crippen molar-refractivity contribution in [1.82, 2.24) is 4.98 Å². The molecule has 0 radical (unpaired) electrons. The van der Waals surface area contributed by atoms with Crippen molar-refractivity contribution >= 4 is 39.8 Å². The van der Waals surface area contributed by atoms with Crippen LogP contribution in [0.15, 0.2) is 58.8 Å². The number of nitro groups is 1. The molecule has 0 spiro atoms. The van der Waals surface area contributed by atoms with E-state index in [0.717, 1.165) is 16.2 Å². The minimum Gasteiger partial charge on any atom is -0.298 e. The summed E-state index contributed by atoms with van der Waals surface area (Å²) in [4.78, 5) is 28.1. The van der Waals surface area contributed by atoms with Gasteiger partial charge in [0.15, 0.2) is 5.13 Å². The van der Waals surface area contributed by atoms with E-state index >= 15 is 0 Å². The Kier molecular flexibility index (Phi) is 5.65. The van der Waals surface area contributed by atoms with E-state index in [1.807, 2.05) is 12.1 Å². The molecule has 0 aliphatic heterocycles. The number of nitro benzene ring substituents is 1. The van der Waals surface area contributed by atoms with Crippen molar-refractivity contribution in [3.8, 4) is 11.3 Å². The Bertz CT molecular complexity index is 922. The molecule has 0 saturated carbocycles. The predicted molar refractivity (Wildman–Crippen MR) is 105 cm³/mol. The molecule has 0 aliphatic carbocycles. The number of rotatable bonds is 6. The summed E-state index contributed by atoms with van der Waals surface area (Å²) in [6.07, 6.45) is 0. The number of thioether (sulfide) groups is 1. The van der Waals surface area contributed by atoms with Crippen molar-refractivity contribution in [2.45, 2.75) is 11.8 Å². The number of nitrogens with one attached hydrogen (secondary N) is 1. The molecule has 0 aliphatic rings. The molecule has 26 heavy (non-hydrogen) atoms. The third-order valence-electron chi connectivity index (χ3n) is 3.53. The molecule has 8 heteroatoms. The van der Waals surface area contributed by atoms with Crippen LogP contribution in [-0.2, 0) is 0 Å². The lowest BCUT2D eigenvalue weighted by Gasteiger charge is -2.03. The second kappa shape index (κ2) is 8.11. The van der Waals surface area contributed by atoms with E-state index in [1.54, 1.807) is 41.4 Å². The van der Waals surface area contributed by atoms with Crippen LogP contribution in [0.25, 0.3) is 11.3 Å². The van der Waals surface area contributed by atoms with Gasteiger partial charge in [-0.2, -0.15) is 0 Å². The average Bonchev–Trinajstić information content (AvgIpc) is 3.11. The second-order valence-electron chi connectivity index (χ2n) is 5.25. The van der Waals surface area contributed by atoms with Gasteiger partial charge in [0.25, 0.3) is 11.6 Å². The lowest BCUT2D eigenvalue weighted by molar-refractivity contribution is -0.384. The zero-order chi connectivity index (χ0) is 18.5. The Hall–Kier alpha value is -2.71. The Morgan fingerprint density at radius 3 is 2.50 bits per heavy atom. The number of amides is 1.